The van der Waals surface area contributed by atoms with E-state index in [-0.39, 0.29) is 5.75 Å². The maximum absolute atomic E-state index is 13.0. The predicted molar refractivity (Wildman–Crippen MR) is 46.6 cm³/mol. The molecule has 1 aromatic carbocycles. The Kier molecular flexibility index (Phi) is 2.84. The Morgan fingerprint density at radius 2 is 2.20 bits per heavy atom. The Morgan fingerprint density at radius 1 is 1.60 bits per heavy atom. The smallest absolute Gasteiger partial charge is 0.342 e. The van der Waals surface area contributed by atoms with Gasteiger partial charge in [0, 0.05) is 0 Å². The summed E-state index contributed by atoms with van der Waals surface area (Å²) < 4.78 is 17.5. The van der Waals surface area contributed by atoms with Crippen molar-refractivity contribution in [2.24, 2.45) is 0 Å². The zero-order chi connectivity index (χ0) is 11.6. The van der Waals surface area contributed by atoms with Gasteiger partial charge in [0.15, 0.2) is 11.6 Å². The maximum Gasteiger partial charge on any atom is 0.342 e. The van der Waals surface area contributed by atoms with Crippen molar-refractivity contribution in [1.82, 2.24) is 0 Å². The third-order valence-electron chi connectivity index (χ3n) is 1.70. The molecule has 0 saturated heterocycles. The van der Waals surface area contributed by atoms with Crippen molar-refractivity contribution in [2.45, 2.75) is 0 Å². The highest BCUT2D eigenvalue weighted by Gasteiger charge is 2.23. The lowest BCUT2D eigenvalue weighted by Crippen LogP contribution is -2.04. The van der Waals surface area contributed by atoms with Crippen LogP contribution in [-0.4, -0.2) is 23.1 Å². The molecule has 0 aliphatic carbocycles. The number of rotatable bonds is 3. The van der Waals surface area contributed by atoms with E-state index in [0.29, 0.717) is 6.07 Å². The molecule has 15 heavy (non-hydrogen) atoms. The Labute approximate surface area is 83.0 Å². The zero-order valence-corrected chi connectivity index (χ0v) is 7.56. The lowest BCUT2D eigenvalue weighted by molar-refractivity contribution is -0.385. The summed E-state index contributed by atoms with van der Waals surface area (Å²) in [7, 11) is 1.13. The second kappa shape index (κ2) is 3.91. The first-order valence-electron chi connectivity index (χ1n) is 3.72. The fourth-order valence-electron chi connectivity index (χ4n) is 1.02. The summed E-state index contributed by atoms with van der Waals surface area (Å²) >= 11 is 0. The van der Waals surface area contributed by atoms with E-state index in [1.807, 2.05) is 0 Å². The van der Waals surface area contributed by atoms with Crippen LogP contribution in [0, 0.1) is 15.9 Å². The highest BCUT2D eigenvalue weighted by molar-refractivity contribution is 5.92. The number of carboxylic acid groups (broad SMARTS) is 1. The predicted octanol–water partition coefficient (Wildman–Crippen LogP) is 1.44. The van der Waals surface area contributed by atoms with E-state index >= 15 is 0 Å². The van der Waals surface area contributed by atoms with Crippen LogP contribution in [-0.2, 0) is 0 Å². The van der Waals surface area contributed by atoms with Crippen LogP contribution in [0.25, 0.3) is 0 Å². The van der Waals surface area contributed by atoms with Crippen molar-refractivity contribution in [3.63, 3.8) is 0 Å². The minimum absolute atomic E-state index is 0.369. The SMILES string of the molecule is COc1cc([N+](=O)[O-])c(C(=O)O)cc1F. The molecule has 0 radical (unpaired) electrons. The first kappa shape index (κ1) is 10.9. The molecule has 6 nitrogen and oxygen atoms in total. The third-order valence-corrected chi connectivity index (χ3v) is 1.70. The van der Waals surface area contributed by atoms with Crippen LogP contribution >= 0.6 is 0 Å². The van der Waals surface area contributed by atoms with Gasteiger partial charge in [-0.3, -0.25) is 10.1 Å². The number of nitro groups is 1. The molecule has 0 bridgehead atoms. The summed E-state index contributed by atoms with van der Waals surface area (Å²) in [5, 5.41) is 19.1. The van der Waals surface area contributed by atoms with Crippen molar-refractivity contribution in [2.75, 3.05) is 7.11 Å². The molecule has 0 fully saturated rings. The van der Waals surface area contributed by atoms with Crippen LogP contribution in [0.3, 0.4) is 0 Å². The minimum atomic E-state index is -1.57. The van der Waals surface area contributed by atoms with E-state index in [1.54, 1.807) is 0 Å². The van der Waals surface area contributed by atoms with Gasteiger partial charge in [-0.2, -0.15) is 0 Å². The molecular formula is C8H6FNO5. The molecule has 0 spiro atoms. The molecule has 0 aliphatic heterocycles. The summed E-state index contributed by atoms with van der Waals surface area (Å²) in [5.74, 6) is -2.89. The molecule has 80 valence electrons. The molecule has 1 N–H and O–H groups in total. The van der Waals surface area contributed by atoms with Gasteiger partial charge in [-0.1, -0.05) is 0 Å². The van der Waals surface area contributed by atoms with E-state index in [0.717, 1.165) is 13.2 Å². The third kappa shape index (κ3) is 2.01. The summed E-state index contributed by atoms with van der Waals surface area (Å²) in [5.41, 5.74) is -1.42. The molecule has 0 heterocycles. The van der Waals surface area contributed by atoms with Gasteiger partial charge in [0.25, 0.3) is 5.69 Å². The highest BCUT2D eigenvalue weighted by Crippen LogP contribution is 2.27. The Hall–Kier alpha value is -2.18. The molecule has 0 amide bonds. The van der Waals surface area contributed by atoms with Gasteiger partial charge in [0.2, 0.25) is 0 Å². The number of ether oxygens (including phenoxy) is 1. The lowest BCUT2D eigenvalue weighted by Gasteiger charge is -2.03. The monoisotopic (exact) mass is 215 g/mol. The molecule has 0 aromatic heterocycles. The van der Waals surface area contributed by atoms with E-state index in [4.69, 9.17) is 5.11 Å². The second-order valence-electron chi connectivity index (χ2n) is 2.57. The van der Waals surface area contributed by atoms with Crippen molar-refractivity contribution in [3.05, 3.63) is 33.6 Å². The van der Waals surface area contributed by atoms with Crippen molar-refractivity contribution in [3.8, 4) is 5.75 Å². The van der Waals surface area contributed by atoms with Crippen molar-refractivity contribution in [1.29, 1.82) is 0 Å². The van der Waals surface area contributed by atoms with E-state index in [9.17, 15) is 19.3 Å². The van der Waals surface area contributed by atoms with Crippen molar-refractivity contribution < 1.29 is 24.0 Å². The number of nitro benzene ring substituents is 1. The molecule has 1 aromatic rings. The fourth-order valence-corrected chi connectivity index (χ4v) is 1.02. The van der Waals surface area contributed by atoms with E-state index in [1.165, 1.54) is 0 Å². The number of halogens is 1. The van der Waals surface area contributed by atoms with Gasteiger partial charge < -0.3 is 9.84 Å². The van der Waals surface area contributed by atoms with E-state index < -0.39 is 28.0 Å². The van der Waals surface area contributed by atoms with Crippen LogP contribution in [0.5, 0.6) is 5.75 Å². The quantitative estimate of drug-likeness (QED) is 0.608. The fraction of sp³-hybridized carbons (Fsp3) is 0.125. The Morgan fingerprint density at radius 3 is 2.60 bits per heavy atom. The van der Waals surface area contributed by atoms with Crippen LogP contribution in [0.1, 0.15) is 10.4 Å². The number of methoxy groups -OCH3 is 1. The topological polar surface area (TPSA) is 89.7 Å². The summed E-state index contributed by atoms with van der Waals surface area (Å²) in [6, 6.07) is 1.29. The molecular weight excluding hydrogens is 209 g/mol. The van der Waals surface area contributed by atoms with Gasteiger partial charge >= 0.3 is 5.97 Å². The molecule has 0 saturated carbocycles. The largest absolute Gasteiger partial charge is 0.493 e. The van der Waals surface area contributed by atoms with E-state index in [2.05, 4.69) is 4.74 Å². The molecule has 1 rings (SSSR count). The first-order valence-corrected chi connectivity index (χ1v) is 3.72. The average molecular weight is 215 g/mol. The molecule has 0 aliphatic rings. The summed E-state index contributed by atoms with van der Waals surface area (Å²) in [4.78, 5) is 20.1. The standard InChI is InChI=1S/C8H6FNO5/c1-15-7-3-6(10(13)14)4(8(11)12)2-5(7)9/h2-3H,1H3,(H,11,12). The lowest BCUT2D eigenvalue weighted by atomic mass is 10.1. The number of carbonyl (C=O) groups is 1. The van der Waals surface area contributed by atoms with Crippen LogP contribution in [0.15, 0.2) is 12.1 Å². The van der Waals surface area contributed by atoms with Crippen molar-refractivity contribution >= 4 is 11.7 Å². The zero-order valence-electron chi connectivity index (χ0n) is 7.56. The Bertz CT molecular complexity index is 431. The van der Waals surface area contributed by atoms with Crippen LogP contribution in [0.2, 0.25) is 0 Å². The number of nitrogens with zero attached hydrogens (tertiary/aromatic N) is 1. The van der Waals surface area contributed by atoms with Crippen LogP contribution in [0.4, 0.5) is 10.1 Å². The average Bonchev–Trinajstić information content (AvgIpc) is 2.16. The number of aromatic carboxylic acids is 1. The highest BCUT2D eigenvalue weighted by atomic mass is 19.1. The Balaban J connectivity index is 3.45. The van der Waals surface area contributed by atoms with Gasteiger partial charge in [0.1, 0.15) is 5.56 Å². The van der Waals surface area contributed by atoms with Gasteiger partial charge in [-0.25, -0.2) is 9.18 Å². The van der Waals surface area contributed by atoms with Gasteiger partial charge in [-0.05, 0) is 6.07 Å². The molecule has 0 unspecified atom stereocenters. The maximum atomic E-state index is 13.0. The summed E-state index contributed by atoms with van der Waals surface area (Å²) in [6.07, 6.45) is 0. The number of carboxylic acids is 1. The van der Waals surface area contributed by atoms with Crippen LogP contribution < -0.4 is 4.74 Å². The minimum Gasteiger partial charge on any atom is -0.493 e. The number of hydrogen-bond acceptors (Lipinski definition) is 4. The van der Waals surface area contributed by atoms with Gasteiger partial charge in [0.05, 0.1) is 18.1 Å². The number of hydrogen-bond donors (Lipinski definition) is 1. The summed E-state index contributed by atoms with van der Waals surface area (Å²) in [6.45, 7) is 0. The number of benzene rings is 1. The second-order valence-corrected chi connectivity index (χ2v) is 2.57. The first-order chi connectivity index (χ1) is 6.97. The molecule has 7 heteroatoms. The molecule has 0 atom stereocenters. The normalized spacial score (nSPS) is 9.73. The van der Waals surface area contributed by atoms with Gasteiger partial charge in [-0.15, -0.1) is 0 Å².